The zero-order chi connectivity index (χ0) is 18.9. The Kier molecular flexibility index (Phi) is 4.91. The third-order valence-corrected chi connectivity index (χ3v) is 6.93. The average molecular weight is 384 g/mol. The van der Waals surface area contributed by atoms with Gasteiger partial charge in [0.15, 0.2) is 0 Å². The number of carbonyl (C=O) groups excluding carboxylic acids is 2. The van der Waals surface area contributed by atoms with Gasteiger partial charge in [0.2, 0.25) is 0 Å². The quantitative estimate of drug-likeness (QED) is 0.794. The Hall–Kier alpha value is -2.34. The Morgan fingerprint density at radius 2 is 1.56 bits per heavy atom. The van der Waals surface area contributed by atoms with Gasteiger partial charge in [0.1, 0.15) is 5.82 Å². The number of hydrogen-bond acceptors (Lipinski definition) is 3. The largest absolute Gasteiger partial charge is 0.338 e. The van der Waals surface area contributed by atoms with Crippen molar-refractivity contribution in [2.75, 3.05) is 25.4 Å². The molecular formula is C21H21FN2O2S. The van der Waals surface area contributed by atoms with Gasteiger partial charge < -0.3 is 9.80 Å². The molecule has 0 radical (unpaired) electrons. The first-order valence-electron chi connectivity index (χ1n) is 9.15. The first-order valence-corrected chi connectivity index (χ1v) is 10.1. The third-order valence-electron chi connectivity index (χ3n) is 5.38. The lowest BCUT2D eigenvalue weighted by molar-refractivity contribution is 0.0496. The van der Waals surface area contributed by atoms with Crippen LogP contribution in [0.25, 0.3) is 0 Å². The fraction of sp³-hybridized carbons (Fsp3) is 0.333. The van der Waals surface area contributed by atoms with Crippen LogP contribution in [0.5, 0.6) is 0 Å². The summed E-state index contributed by atoms with van der Waals surface area (Å²) in [6.45, 7) is 1.77. The van der Waals surface area contributed by atoms with Crippen LogP contribution in [0.3, 0.4) is 0 Å². The summed E-state index contributed by atoms with van der Waals surface area (Å²) in [5, 5.41) is 0. The highest BCUT2D eigenvalue weighted by molar-refractivity contribution is 8.00. The first-order chi connectivity index (χ1) is 13.1. The minimum atomic E-state index is -0.487. The molecule has 0 N–H and O–H groups in total. The molecule has 2 aromatic rings. The lowest BCUT2D eigenvalue weighted by Crippen LogP contribution is -2.53. The van der Waals surface area contributed by atoms with Gasteiger partial charge in [-0.2, -0.15) is 0 Å². The van der Waals surface area contributed by atoms with Gasteiger partial charge in [-0.3, -0.25) is 9.59 Å². The molecule has 1 spiro atoms. The molecule has 0 bridgehead atoms. The van der Waals surface area contributed by atoms with Crippen LogP contribution < -0.4 is 0 Å². The van der Waals surface area contributed by atoms with Crippen LogP contribution in [0.2, 0.25) is 0 Å². The Morgan fingerprint density at radius 1 is 0.889 bits per heavy atom. The number of hydrogen-bond donors (Lipinski definition) is 0. The summed E-state index contributed by atoms with van der Waals surface area (Å²) < 4.78 is 13.9. The van der Waals surface area contributed by atoms with Crippen LogP contribution in [0.4, 0.5) is 4.39 Å². The number of amides is 2. The van der Waals surface area contributed by atoms with Crippen molar-refractivity contribution in [3.05, 3.63) is 71.5 Å². The molecule has 27 heavy (non-hydrogen) atoms. The van der Waals surface area contributed by atoms with E-state index in [1.54, 1.807) is 28.8 Å². The van der Waals surface area contributed by atoms with Gasteiger partial charge in [-0.25, -0.2) is 4.39 Å². The predicted octanol–water partition coefficient (Wildman–Crippen LogP) is 3.65. The van der Waals surface area contributed by atoms with Crippen molar-refractivity contribution < 1.29 is 14.0 Å². The van der Waals surface area contributed by atoms with Gasteiger partial charge >= 0.3 is 0 Å². The molecule has 2 aromatic carbocycles. The van der Waals surface area contributed by atoms with E-state index in [9.17, 15) is 14.0 Å². The molecule has 0 atom stereocenters. The molecule has 2 saturated heterocycles. The second-order valence-corrected chi connectivity index (χ2v) is 8.35. The number of nitrogens with zero attached hydrogens (tertiary/aromatic N) is 2. The fourth-order valence-corrected chi connectivity index (χ4v) is 5.37. The second kappa shape index (κ2) is 7.35. The first kappa shape index (κ1) is 18.0. The van der Waals surface area contributed by atoms with E-state index < -0.39 is 5.82 Å². The zero-order valence-electron chi connectivity index (χ0n) is 14.9. The number of piperidine rings is 1. The van der Waals surface area contributed by atoms with E-state index in [-0.39, 0.29) is 22.2 Å². The molecule has 0 aromatic heterocycles. The number of halogens is 1. The Balaban J connectivity index is 1.48. The minimum absolute atomic E-state index is 0.0504. The number of benzene rings is 2. The number of likely N-dealkylation sites (tertiary alicyclic amines) is 1. The molecule has 140 valence electrons. The Bertz CT molecular complexity index is 850. The van der Waals surface area contributed by atoms with Gasteiger partial charge in [0.05, 0.1) is 10.4 Å². The van der Waals surface area contributed by atoms with Gasteiger partial charge in [-0.05, 0) is 37.1 Å². The summed E-state index contributed by atoms with van der Waals surface area (Å²) >= 11 is 1.80. The van der Waals surface area contributed by atoms with Crippen molar-refractivity contribution in [1.82, 2.24) is 9.80 Å². The van der Waals surface area contributed by atoms with Crippen LogP contribution in [-0.4, -0.2) is 51.9 Å². The summed E-state index contributed by atoms with van der Waals surface area (Å²) in [5.41, 5.74) is 0.814. The summed E-state index contributed by atoms with van der Waals surface area (Å²) in [5.74, 6) is 0.195. The van der Waals surface area contributed by atoms with Gasteiger partial charge in [0, 0.05) is 31.0 Å². The molecule has 2 amide bonds. The molecular weight excluding hydrogens is 363 g/mol. The van der Waals surface area contributed by atoms with Gasteiger partial charge in [-0.15, -0.1) is 11.8 Å². The van der Waals surface area contributed by atoms with E-state index in [0.717, 1.165) is 12.3 Å². The normalized spacial score (nSPS) is 18.7. The monoisotopic (exact) mass is 384 g/mol. The summed E-state index contributed by atoms with van der Waals surface area (Å²) in [7, 11) is 0. The van der Waals surface area contributed by atoms with Crippen molar-refractivity contribution in [3.8, 4) is 0 Å². The van der Waals surface area contributed by atoms with Crippen molar-refractivity contribution in [2.24, 2.45) is 0 Å². The molecule has 6 heteroatoms. The lowest BCUT2D eigenvalue weighted by atomic mass is 10.00. The summed E-state index contributed by atoms with van der Waals surface area (Å²) in [6, 6.07) is 15.4. The maximum absolute atomic E-state index is 13.9. The van der Waals surface area contributed by atoms with Crippen LogP contribution in [-0.2, 0) is 0 Å². The van der Waals surface area contributed by atoms with E-state index in [2.05, 4.69) is 0 Å². The molecule has 2 aliphatic heterocycles. The van der Waals surface area contributed by atoms with E-state index in [4.69, 9.17) is 0 Å². The molecule has 2 heterocycles. The highest BCUT2D eigenvalue weighted by Crippen LogP contribution is 2.44. The van der Waals surface area contributed by atoms with Gasteiger partial charge in [0.25, 0.3) is 11.8 Å². The highest BCUT2D eigenvalue weighted by Gasteiger charge is 2.47. The van der Waals surface area contributed by atoms with E-state index in [1.165, 1.54) is 12.1 Å². The number of thioether (sulfide) groups is 1. The van der Waals surface area contributed by atoms with E-state index >= 15 is 0 Å². The number of carbonyl (C=O) groups is 2. The second-order valence-electron chi connectivity index (χ2n) is 6.89. The van der Waals surface area contributed by atoms with Crippen LogP contribution >= 0.6 is 11.8 Å². The topological polar surface area (TPSA) is 40.6 Å². The highest BCUT2D eigenvalue weighted by atomic mass is 32.2. The molecule has 4 rings (SSSR count). The van der Waals surface area contributed by atoms with Crippen molar-refractivity contribution >= 4 is 23.6 Å². The maximum atomic E-state index is 13.9. The maximum Gasteiger partial charge on any atom is 0.256 e. The lowest BCUT2D eigenvalue weighted by Gasteiger charge is -2.44. The summed E-state index contributed by atoms with van der Waals surface area (Å²) in [6.07, 6.45) is 1.41. The van der Waals surface area contributed by atoms with Crippen molar-refractivity contribution in [2.45, 2.75) is 17.7 Å². The molecule has 0 aliphatic carbocycles. The molecule has 0 unspecified atom stereocenters. The predicted molar refractivity (Wildman–Crippen MR) is 104 cm³/mol. The van der Waals surface area contributed by atoms with E-state index in [0.29, 0.717) is 31.5 Å². The van der Waals surface area contributed by atoms with Crippen molar-refractivity contribution in [1.29, 1.82) is 0 Å². The SMILES string of the molecule is O=C(c1ccccc1F)N1CCC2(CC1)SCCN2C(=O)c1ccccc1. The minimum Gasteiger partial charge on any atom is -0.338 e. The summed E-state index contributed by atoms with van der Waals surface area (Å²) in [4.78, 5) is 29.1. The van der Waals surface area contributed by atoms with Gasteiger partial charge in [-0.1, -0.05) is 30.3 Å². The van der Waals surface area contributed by atoms with Crippen molar-refractivity contribution in [3.63, 3.8) is 0 Å². The number of rotatable bonds is 2. The third kappa shape index (κ3) is 3.34. The van der Waals surface area contributed by atoms with E-state index in [1.807, 2.05) is 35.2 Å². The zero-order valence-corrected chi connectivity index (χ0v) is 15.8. The standard InChI is InChI=1S/C21H21FN2O2S/c22-18-9-5-4-8-17(18)20(26)23-12-10-21(11-13-23)24(14-15-27-21)19(25)16-6-2-1-3-7-16/h1-9H,10-15H2. The molecule has 4 nitrogen and oxygen atoms in total. The van der Waals surface area contributed by atoms with Crippen LogP contribution in [0.1, 0.15) is 33.6 Å². The van der Waals surface area contributed by atoms with Crippen LogP contribution in [0.15, 0.2) is 54.6 Å². The Morgan fingerprint density at radius 3 is 2.26 bits per heavy atom. The molecule has 2 fully saturated rings. The molecule has 2 aliphatic rings. The smallest absolute Gasteiger partial charge is 0.256 e. The molecule has 0 saturated carbocycles. The van der Waals surface area contributed by atoms with Crippen LogP contribution in [0, 0.1) is 5.82 Å². The average Bonchev–Trinajstić information content (AvgIpc) is 3.11. The fourth-order valence-electron chi connectivity index (χ4n) is 3.91. The Labute approximate surface area is 162 Å².